The molecule has 3 aromatic rings. The Hall–Kier alpha value is -2.56. The van der Waals surface area contributed by atoms with Crippen molar-refractivity contribution >= 4 is 16.8 Å². The molecule has 19 heavy (non-hydrogen) atoms. The van der Waals surface area contributed by atoms with Crippen molar-refractivity contribution in [1.29, 1.82) is 0 Å². The monoisotopic (exact) mass is 255 g/mol. The van der Waals surface area contributed by atoms with Crippen LogP contribution in [-0.4, -0.2) is 16.7 Å². The van der Waals surface area contributed by atoms with E-state index in [1.54, 1.807) is 12.3 Å². The number of aromatic nitrogens is 2. The number of nitrogen functional groups attached to an aromatic ring is 1. The molecule has 0 fully saturated rings. The number of benzene rings is 1. The smallest absolute Gasteiger partial charge is 0.222 e. The Morgan fingerprint density at radius 1 is 1.32 bits per heavy atom. The van der Waals surface area contributed by atoms with Crippen molar-refractivity contribution < 1.29 is 9.26 Å². The molecule has 0 bridgehead atoms. The summed E-state index contributed by atoms with van der Waals surface area (Å²) in [6.07, 6.45) is 1.74. The minimum absolute atomic E-state index is 0.293. The maximum Gasteiger partial charge on any atom is 0.222 e. The lowest BCUT2D eigenvalue weighted by molar-refractivity contribution is 0.343. The molecular formula is C14H13N3O2. The van der Waals surface area contributed by atoms with Gasteiger partial charge in [0.05, 0.1) is 6.61 Å². The van der Waals surface area contributed by atoms with Gasteiger partial charge in [-0.1, -0.05) is 11.2 Å². The maximum absolute atomic E-state index is 5.58. The van der Waals surface area contributed by atoms with Crippen LogP contribution in [0.1, 0.15) is 6.92 Å². The average Bonchev–Trinajstić information content (AvgIpc) is 2.86. The van der Waals surface area contributed by atoms with Crippen LogP contribution in [0.4, 0.5) is 5.88 Å². The lowest BCUT2D eigenvalue weighted by atomic mass is 10.0. The molecule has 0 unspecified atom stereocenters. The molecule has 0 saturated carbocycles. The summed E-state index contributed by atoms with van der Waals surface area (Å²) in [5.74, 6) is 1.05. The van der Waals surface area contributed by atoms with E-state index >= 15 is 0 Å². The van der Waals surface area contributed by atoms with Crippen molar-refractivity contribution in [3.8, 4) is 17.0 Å². The minimum atomic E-state index is 0.293. The van der Waals surface area contributed by atoms with Gasteiger partial charge in [0.1, 0.15) is 17.0 Å². The zero-order chi connectivity index (χ0) is 13.2. The topological polar surface area (TPSA) is 74.2 Å². The lowest BCUT2D eigenvalue weighted by Crippen LogP contribution is -1.94. The van der Waals surface area contributed by atoms with Gasteiger partial charge in [0.25, 0.3) is 0 Å². The molecule has 0 saturated heterocycles. The average molecular weight is 255 g/mol. The molecule has 0 aliphatic heterocycles. The lowest BCUT2D eigenvalue weighted by Gasteiger charge is -2.09. The van der Waals surface area contributed by atoms with Crippen LogP contribution in [-0.2, 0) is 0 Å². The molecule has 0 aliphatic carbocycles. The predicted octanol–water partition coefficient (Wildman–Crippen LogP) is 2.87. The molecule has 0 amide bonds. The second kappa shape index (κ2) is 4.61. The van der Waals surface area contributed by atoms with Crippen molar-refractivity contribution in [1.82, 2.24) is 10.1 Å². The molecule has 2 N–H and O–H groups in total. The largest absolute Gasteiger partial charge is 0.492 e. The molecule has 2 heterocycles. The zero-order valence-electron chi connectivity index (χ0n) is 10.5. The first-order chi connectivity index (χ1) is 9.29. The number of hydrogen-bond acceptors (Lipinski definition) is 5. The van der Waals surface area contributed by atoms with Crippen LogP contribution in [0.5, 0.6) is 5.75 Å². The second-order valence-electron chi connectivity index (χ2n) is 4.06. The predicted molar refractivity (Wildman–Crippen MR) is 72.8 cm³/mol. The van der Waals surface area contributed by atoms with E-state index in [1.807, 2.05) is 31.2 Å². The number of fused-ring (bicyclic) bond motifs is 1. The van der Waals surface area contributed by atoms with Gasteiger partial charge >= 0.3 is 0 Å². The van der Waals surface area contributed by atoms with Crippen LogP contribution in [0.25, 0.3) is 22.2 Å². The van der Waals surface area contributed by atoms with Crippen LogP contribution in [0.15, 0.2) is 41.1 Å². The Bertz CT molecular complexity index is 722. The van der Waals surface area contributed by atoms with E-state index in [2.05, 4.69) is 10.1 Å². The van der Waals surface area contributed by atoms with E-state index in [-0.39, 0.29) is 0 Å². The number of anilines is 1. The number of hydrogen-bond donors (Lipinski definition) is 1. The molecule has 96 valence electrons. The highest BCUT2D eigenvalue weighted by Crippen LogP contribution is 2.33. The van der Waals surface area contributed by atoms with Gasteiger partial charge in [-0.3, -0.25) is 4.98 Å². The van der Waals surface area contributed by atoms with Crippen LogP contribution in [0.3, 0.4) is 0 Å². The Labute approximate surface area is 110 Å². The van der Waals surface area contributed by atoms with E-state index in [9.17, 15) is 0 Å². The van der Waals surface area contributed by atoms with E-state index in [0.29, 0.717) is 18.2 Å². The number of nitrogens with zero attached hydrogens (tertiary/aromatic N) is 2. The summed E-state index contributed by atoms with van der Waals surface area (Å²) < 4.78 is 10.5. The Morgan fingerprint density at radius 2 is 2.21 bits per heavy atom. The van der Waals surface area contributed by atoms with Gasteiger partial charge in [0, 0.05) is 23.2 Å². The number of ether oxygens (including phenoxy) is 1. The first kappa shape index (κ1) is 11.5. The van der Waals surface area contributed by atoms with Gasteiger partial charge in [-0.2, -0.15) is 0 Å². The summed E-state index contributed by atoms with van der Waals surface area (Å²) in [5, 5.41) is 4.90. The maximum atomic E-state index is 5.58. The first-order valence-corrected chi connectivity index (χ1v) is 6.02. The van der Waals surface area contributed by atoms with Crippen molar-refractivity contribution in [2.45, 2.75) is 6.92 Å². The summed E-state index contributed by atoms with van der Waals surface area (Å²) >= 11 is 0. The van der Waals surface area contributed by atoms with Crippen LogP contribution < -0.4 is 10.5 Å². The summed E-state index contributed by atoms with van der Waals surface area (Å²) in [5.41, 5.74) is 7.99. The van der Waals surface area contributed by atoms with Crippen LogP contribution >= 0.6 is 0 Å². The number of nitrogens with two attached hydrogens (primary N) is 1. The van der Waals surface area contributed by atoms with E-state index < -0.39 is 0 Å². The zero-order valence-corrected chi connectivity index (χ0v) is 10.5. The SMILES string of the molecule is CCOc1ccc(-c2cc(N)on2)c2cccnc12. The highest BCUT2D eigenvalue weighted by molar-refractivity contribution is 5.97. The van der Waals surface area contributed by atoms with E-state index in [0.717, 1.165) is 22.2 Å². The van der Waals surface area contributed by atoms with Gasteiger partial charge in [0.2, 0.25) is 5.88 Å². The number of rotatable bonds is 3. The summed E-state index contributed by atoms with van der Waals surface area (Å²) in [7, 11) is 0. The Kier molecular flexibility index (Phi) is 2.79. The molecule has 5 heteroatoms. The number of pyridine rings is 1. The third-order valence-corrected chi connectivity index (χ3v) is 2.84. The molecule has 2 aromatic heterocycles. The highest BCUT2D eigenvalue weighted by atomic mass is 16.5. The van der Waals surface area contributed by atoms with Crippen molar-refractivity contribution in [3.63, 3.8) is 0 Å². The molecule has 0 atom stereocenters. The summed E-state index contributed by atoms with van der Waals surface area (Å²) in [4.78, 5) is 4.38. The van der Waals surface area contributed by atoms with Gasteiger partial charge in [-0.05, 0) is 25.1 Å². The first-order valence-electron chi connectivity index (χ1n) is 6.02. The van der Waals surface area contributed by atoms with Gasteiger partial charge in [-0.25, -0.2) is 0 Å². The van der Waals surface area contributed by atoms with E-state index in [4.69, 9.17) is 15.0 Å². The van der Waals surface area contributed by atoms with Gasteiger partial charge in [-0.15, -0.1) is 0 Å². The Balaban J connectivity index is 2.24. The molecule has 0 aliphatic rings. The fraction of sp³-hybridized carbons (Fsp3) is 0.143. The molecule has 0 spiro atoms. The summed E-state index contributed by atoms with van der Waals surface area (Å²) in [6.45, 7) is 2.54. The molecule has 1 aromatic carbocycles. The third-order valence-electron chi connectivity index (χ3n) is 2.84. The molecule has 0 radical (unpaired) electrons. The summed E-state index contributed by atoms with van der Waals surface area (Å²) in [6, 6.07) is 9.38. The van der Waals surface area contributed by atoms with Gasteiger partial charge in [0.15, 0.2) is 0 Å². The highest BCUT2D eigenvalue weighted by Gasteiger charge is 2.12. The third kappa shape index (κ3) is 1.99. The van der Waals surface area contributed by atoms with Crippen molar-refractivity contribution in [2.24, 2.45) is 0 Å². The molecule has 3 rings (SSSR count). The van der Waals surface area contributed by atoms with Crippen molar-refractivity contribution in [3.05, 3.63) is 36.5 Å². The molecular weight excluding hydrogens is 242 g/mol. The second-order valence-corrected chi connectivity index (χ2v) is 4.06. The van der Waals surface area contributed by atoms with Crippen molar-refractivity contribution in [2.75, 3.05) is 12.3 Å². The van der Waals surface area contributed by atoms with Gasteiger partial charge < -0.3 is 15.0 Å². The Morgan fingerprint density at radius 3 is 2.95 bits per heavy atom. The fourth-order valence-corrected chi connectivity index (χ4v) is 2.06. The standard InChI is InChI=1S/C14H13N3O2/c1-2-18-12-6-5-9(11-8-13(15)19-17-11)10-4-3-7-16-14(10)12/h3-8H,2,15H2,1H3. The fourth-order valence-electron chi connectivity index (χ4n) is 2.06. The van der Waals surface area contributed by atoms with Crippen LogP contribution in [0.2, 0.25) is 0 Å². The van der Waals surface area contributed by atoms with E-state index in [1.165, 1.54) is 0 Å². The normalized spacial score (nSPS) is 10.8. The quantitative estimate of drug-likeness (QED) is 0.778. The molecule has 5 nitrogen and oxygen atoms in total. The van der Waals surface area contributed by atoms with Crippen LogP contribution in [0, 0.1) is 0 Å². The minimum Gasteiger partial charge on any atom is -0.492 e.